The highest BCUT2D eigenvalue weighted by molar-refractivity contribution is 6.30. The third kappa shape index (κ3) is 3.10. The molecule has 5 heteroatoms. The van der Waals surface area contributed by atoms with Gasteiger partial charge >= 0.3 is 5.97 Å². The number of nitrogens with one attached hydrogen (secondary N) is 1. The number of esters is 1. The average molecular weight is 246 g/mol. The Morgan fingerprint density at radius 1 is 1.62 bits per heavy atom. The zero-order valence-electron chi connectivity index (χ0n) is 9.09. The summed E-state index contributed by atoms with van der Waals surface area (Å²) < 4.78 is 17.9. The lowest BCUT2D eigenvalue weighted by atomic mass is 10.2. The number of carbonyl (C=O) groups excluding carboxylic acids is 1. The number of carbonyl (C=O) groups is 1. The van der Waals surface area contributed by atoms with Gasteiger partial charge in [0.1, 0.15) is 11.9 Å². The first-order valence-electron chi connectivity index (χ1n) is 4.88. The molecular weight excluding hydrogens is 233 g/mol. The number of halogens is 2. The SMILES string of the molecule is CCC(Nc1cc(Cl)ccc1F)C(=O)OC. The lowest BCUT2D eigenvalue weighted by Crippen LogP contribution is -2.30. The van der Waals surface area contributed by atoms with Crippen LogP contribution in [0.1, 0.15) is 13.3 Å². The Morgan fingerprint density at radius 3 is 2.88 bits per heavy atom. The molecule has 1 N–H and O–H groups in total. The molecule has 1 aromatic carbocycles. The number of anilines is 1. The monoisotopic (exact) mass is 245 g/mol. The van der Waals surface area contributed by atoms with Crippen molar-refractivity contribution in [2.75, 3.05) is 12.4 Å². The van der Waals surface area contributed by atoms with Gasteiger partial charge in [-0.25, -0.2) is 9.18 Å². The summed E-state index contributed by atoms with van der Waals surface area (Å²) in [4.78, 5) is 11.3. The molecule has 1 aromatic rings. The van der Waals surface area contributed by atoms with Crippen molar-refractivity contribution in [1.29, 1.82) is 0 Å². The maximum absolute atomic E-state index is 13.4. The molecule has 1 unspecified atom stereocenters. The summed E-state index contributed by atoms with van der Waals surface area (Å²) in [6.45, 7) is 1.80. The third-order valence-corrected chi connectivity index (χ3v) is 2.39. The molecule has 16 heavy (non-hydrogen) atoms. The van der Waals surface area contributed by atoms with Gasteiger partial charge in [0.2, 0.25) is 0 Å². The van der Waals surface area contributed by atoms with Gasteiger partial charge in [0, 0.05) is 5.02 Å². The summed E-state index contributed by atoms with van der Waals surface area (Å²) in [6, 6.07) is 3.55. The second kappa shape index (κ2) is 5.70. The standard InChI is InChI=1S/C11H13ClFNO2/c1-3-9(11(15)16-2)14-10-6-7(12)4-5-8(10)13/h4-6,9,14H,3H2,1-2H3. The summed E-state index contributed by atoms with van der Waals surface area (Å²) >= 11 is 5.73. The van der Waals surface area contributed by atoms with Gasteiger partial charge in [-0.2, -0.15) is 0 Å². The van der Waals surface area contributed by atoms with Gasteiger partial charge in [-0.05, 0) is 24.6 Å². The lowest BCUT2D eigenvalue weighted by Gasteiger charge is -2.16. The van der Waals surface area contributed by atoms with Crippen LogP contribution >= 0.6 is 11.6 Å². The molecule has 0 aliphatic carbocycles. The highest BCUT2D eigenvalue weighted by Crippen LogP contribution is 2.20. The smallest absolute Gasteiger partial charge is 0.328 e. The molecule has 0 aliphatic heterocycles. The van der Waals surface area contributed by atoms with Crippen LogP contribution in [0.4, 0.5) is 10.1 Å². The Bertz CT molecular complexity index is 384. The summed E-state index contributed by atoms with van der Waals surface area (Å²) in [7, 11) is 1.29. The van der Waals surface area contributed by atoms with Crippen LogP contribution in [0.15, 0.2) is 18.2 Å². The van der Waals surface area contributed by atoms with Crippen molar-refractivity contribution < 1.29 is 13.9 Å². The molecule has 0 radical (unpaired) electrons. The fourth-order valence-corrected chi connectivity index (χ4v) is 1.44. The van der Waals surface area contributed by atoms with E-state index in [1.165, 1.54) is 25.3 Å². The molecule has 1 atom stereocenters. The van der Waals surface area contributed by atoms with Gasteiger partial charge in [-0.3, -0.25) is 0 Å². The lowest BCUT2D eigenvalue weighted by molar-refractivity contribution is -0.141. The first-order valence-corrected chi connectivity index (χ1v) is 5.25. The second-order valence-electron chi connectivity index (χ2n) is 3.25. The zero-order valence-corrected chi connectivity index (χ0v) is 9.84. The molecule has 0 bridgehead atoms. The van der Waals surface area contributed by atoms with E-state index in [9.17, 15) is 9.18 Å². The molecule has 0 saturated carbocycles. The first-order chi connectivity index (χ1) is 7.58. The fraction of sp³-hybridized carbons (Fsp3) is 0.364. The van der Waals surface area contributed by atoms with Crippen LogP contribution in [0.2, 0.25) is 5.02 Å². The van der Waals surface area contributed by atoms with E-state index in [1.54, 1.807) is 6.92 Å². The molecule has 0 amide bonds. The molecule has 0 aromatic heterocycles. The van der Waals surface area contributed by atoms with Crippen molar-refractivity contribution in [3.05, 3.63) is 29.0 Å². The predicted octanol–water partition coefficient (Wildman–Crippen LogP) is 2.84. The van der Waals surface area contributed by atoms with Gasteiger partial charge in [-0.1, -0.05) is 18.5 Å². The van der Waals surface area contributed by atoms with E-state index in [-0.39, 0.29) is 5.69 Å². The van der Waals surface area contributed by atoms with Crippen LogP contribution in [-0.2, 0) is 9.53 Å². The largest absolute Gasteiger partial charge is 0.467 e. The highest BCUT2D eigenvalue weighted by Gasteiger charge is 2.18. The van der Waals surface area contributed by atoms with E-state index in [1.807, 2.05) is 0 Å². The Labute approximate surface area is 98.5 Å². The Morgan fingerprint density at radius 2 is 2.31 bits per heavy atom. The van der Waals surface area contributed by atoms with Gasteiger partial charge in [0.25, 0.3) is 0 Å². The van der Waals surface area contributed by atoms with Crippen LogP contribution in [0, 0.1) is 5.82 Å². The van der Waals surface area contributed by atoms with E-state index >= 15 is 0 Å². The first kappa shape index (κ1) is 12.8. The molecule has 0 spiro atoms. The normalized spacial score (nSPS) is 12.0. The maximum atomic E-state index is 13.4. The van der Waals surface area contributed by atoms with Crippen molar-refractivity contribution in [2.45, 2.75) is 19.4 Å². The minimum absolute atomic E-state index is 0.199. The molecule has 88 valence electrons. The molecule has 0 fully saturated rings. The molecule has 0 aliphatic rings. The molecule has 3 nitrogen and oxygen atoms in total. The van der Waals surface area contributed by atoms with Gasteiger partial charge < -0.3 is 10.1 Å². The van der Waals surface area contributed by atoms with E-state index < -0.39 is 17.8 Å². The fourth-order valence-electron chi connectivity index (χ4n) is 1.27. The summed E-state index contributed by atoms with van der Waals surface area (Å²) in [5.41, 5.74) is 0.199. The van der Waals surface area contributed by atoms with Crippen molar-refractivity contribution >= 4 is 23.3 Å². The number of hydrogen-bond acceptors (Lipinski definition) is 3. The van der Waals surface area contributed by atoms with Gasteiger partial charge in [0.05, 0.1) is 12.8 Å². The van der Waals surface area contributed by atoms with Crippen LogP contribution in [0.25, 0.3) is 0 Å². The van der Waals surface area contributed by atoms with E-state index in [2.05, 4.69) is 10.1 Å². The minimum Gasteiger partial charge on any atom is -0.467 e. The molecule has 0 saturated heterocycles. The third-order valence-electron chi connectivity index (χ3n) is 2.15. The molecule has 0 heterocycles. The summed E-state index contributed by atoms with van der Waals surface area (Å²) in [5.74, 6) is -0.881. The number of methoxy groups -OCH3 is 1. The number of ether oxygens (including phenoxy) is 1. The highest BCUT2D eigenvalue weighted by atomic mass is 35.5. The topological polar surface area (TPSA) is 38.3 Å². The molecule has 1 rings (SSSR count). The van der Waals surface area contributed by atoms with Crippen molar-refractivity contribution in [2.24, 2.45) is 0 Å². The van der Waals surface area contributed by atoms with Crippen molar-refractivity contribution in [3.8, 4) is 0 Å². The quantitative estimate of drug-likeness (QED) is 0.829. The van der Waals surface area contributed by atoms with Gasteiger partial charge in [0.15, 0.2) is 0 Å². The number of rotatable bonds is 4. The summed E-state index contributed by atoms with van der Waals surface area (Å²) in [6.07, 6.45) is 0.499. The Hall–Kier alpha value is -1.29. The zero-order chi connectivity index (χ0) is 12.1. The number of hydrogen-bond donors (Lipinski definition) is 1. The minimum atomic E-state index is -0.571. The molecular formula is C11H13ClFNO2. The van der Waals surface area contributed by atoms with Crippen molar-refractivity contribution in [3.63, 3.8) is 0 Å². The average Bonchev–Trinajstić information content (AvgIpc) is 2.29. The summed E-state index contributed by atoms with van der Waals surface area (Å²) in [5, 5.41) is 3.16. The second-order valence-corrected chi connectivity index (χ2v) is 3.69. The number of benzene rings is 1. The predicted molar refractivity (Wildman–Crippen MR) is 61.1 cm³/mol. The van der Waals surface area contributed by atoms with Crippen molar-refractivity contribution in [1.82, 2.24) is 0 Å². The Kier molecular flexibility index (Phi) is 4.55. The van der Waals surface area contributed by atoms with Crippen LogP contribution in [0.5, 0.6) is 0 Å². The van der Waals surface area contributed by atoms with Gasteiger partial charge in [-0.15, -0.1) is 0 Å². The van der Waals surface area contributed by atoms with E-state index in [4.69, 9.17) is 11.6 Å². The van der Waals surface area contributed by atoms with Crippen LogP contribution < -0.4 is 5.32 Å². The van der Waals surface area contributed by atoms with E-state index in [0.29, 0.717) is 11.4 Å². The maximum Gasteiger partial charge on any atom is 0.328 e. The van der Waals surface area contributed by atoms with E-state index in [0.717, 1.165) is 0 Å². The van der Waals surface area contributed by atoms with Crippen LogP contribution in [-0.4, -0.2) is 19.1 Å². The Balaban J connectivity index is 2.85. The van der Waals surface area contributed by atoms with Crippen LogP contribution in [0.3, 0.4) is 0 Å².